The lowest BCUT2D eigenvalue weighted by Gasteiger charge is -2.10. The zero-order chi connectivity index (χ0) is 25.6. The van der Waals surface area contributed by atoms with Gasteiger partial charge in [0.2, 0.25) is 5.91 Å². The van der Waals surface area contributed by atoms with Gasteiger partial charge in [-0.05, 0) is 50.1 Å². The number of fused-ring (bicyclic) bond motifs is 2. The monoisotopic (exact) mass is 488 g/mol. The van der Waals surface area contributed by atoms with Crippen molar-refractivity contribution in [1.82, 2.24) is 24.5 Å². The first kappa shape index (κ1) is 23.6. The van der Waals surface area contributed by atoms with Crippen molar-refractivity contribution in [1.29, 1.82) is 0 Å². The summed E-state index contributed by atoms with van der Waals surface area (Å²) in [7, 11) is 0. The average Bonchev–Trinajstić information content (AvgIpc) is 3.28. The van der Waals surface area contributed by atoms with Crippen molar-refractivity contribution in [3.05, 3.63) is 82.4 Å². The number of carbonyl (C=O) groups excluding carboxylic acids is 1. The lowest BCUT2D eigenvalue weighted by molar-refractivity contribution is -0.116. The predicted molar refractivity (Wildman–Crippen MR) is 135 cm³/mol. The average molecular weight is 489 g/mol. The highest BCUT2D eigenvalue weighted by molar-refractivity contribution is 5.93. The van der Waals surface area contributed by atoms with Crippen LogP contribution in [-0.4, -0.2) is 30.5 Å². The van der Waals surface area contributed by atoms with Crippen LogP contribution in [0.5, 0.6) is 0 Å². The van der Waals surface area contributed by atoms with Gasteiger partial charge in [-0.15, -0.1) is 0 Å². The van der Waals surface area contributed by atoms with Gasteiger partial charge in [-0.2, -0.15) is 10.2 Å². The summed E-state index contributed by atoms with van der Waals surface area (Å²) < 4.78 is 30.4. The van der Waals surface area contributed by atoms with E-state index < -0.39 is 6.43 Å². The van der Waals surface area contributed by atoms with Gasteiger partial charge >= 0.3 is 0 Å². The van der Waals surface area contributed by atoms with E-state index in [0.29, 0.717) is 34.7 Å². The van der Waals surface area contributed by atoms with Crippen LogP contribution < -0.4 is 5.32 Å². The van der Waals surface area contributed by atoms with E-state index in [1.807, 2.05) is 36.7 Å². The van der Waals surface area contributed by atoms with Crippen LogP contribution in [0.2, 0.25) is 0 Å². The summed E-state index contributed by atoms with van der Waals surface area (Å²) in [4.78, 5) is 17.4. The van der Waals surface area contributed by atoms with Crippen molar-refractivity contribution in [3.8, 4) is 0 Å². The van der Waals surface area contributed by atoms with Crippen LogP contribution >= 0.6 is 0 Å². The van der Waals surface area contributed by atoms with Gasteiger partial charge in [0, 0.05) is 11.3 Å². The fourth-order valence-corrected chi connectivity index (χ4v) is 4.74. The second kappa shape index (κ2) is 9.14. The predicted octanol–water partition coefficient (Wildman–Crippen LogP) is 5.64. The Labute approximate surface area is 206 Å². The van der Waals surface area contributed by atoms with Gasteiger partial charge in [0.1, 0.15) is 6.54 Å². The van der Waals surface area contributed by atoms with Gasteiger partial charge in [0.25, 0.3) is 6.43 Å². The van der Waals surface area contributed by atoms with E-state index in [1.165, 1.54) is 10.7 Å². The normalized spacial score (nSPS) is 11.6. The Hall–Kier alpha value is -4.14. The smallest absolute Gasteiger partial charge is 0.264 e. The van der Waals surface area contributed by atoms with E-state index in [9.17, 15) is 13.6 Å². The molecule has 0 aliphatic heterocycles. The molecule has 0 radical (unpaired) electrons. The molecule has 0 atom stereocenters. The van der Waals surface area contributed by atoms with E-state index in [-0.39, 0.29) is 23.7 Å². The van der Waals surface area contributed by atoms with Crippen LogP contribution in [0.15, 0.2) is 48.5 Å². The number of aromatic nitrogens is 5. The van der Waals surface area contributed by atoms with Crippen molar-refractivity contribution < 1.29 is 13.6 Å². The fraction of sp³-hybridized carbons (Fsp3) is 0.259. The molecule has 7 nitrogen and oxygen atoms in total. The summed E-state index contributed by atoms with van der Waals surface area (Å²) in [5.41, 5.74) is 4.29. The summed E-state index contributed by atoms with van der Waals surface area (Å²) in [6.07, 6.45) is -2.66. The number of carbonyl (C=O) groups is 1. The van der Waals surface area contributed by atoms with Gasteiger partial charge in [-0.3, -0.25) is 9.48 Å². The molecule has 3 heterocycles. The first-order chi connectivity index (χ1) is 17.2. The number of aryl methyl sites for hydroxylation is 3. The molecular weight excluding hydrogens is 462 g/mol. The summed E-state index contributed by atoms with van der Waals surface area (Å²) in [5, 5.41) is 14.5. The highest BCUT2D eigenvalue weighted by Crippen LogP contribution is 2.30. The minimum absolute atomic E-state index is 0.122. The standard InChI is InChI=1S/C27H26F2N6O/c1-15-12-22(26(28)29)24-16(2)32-35(27(24)30-15)14-23(36)31-25-17(3)33-34(18(25)4)13-20-10-7-9-19-8-5-6-11-21(19)20/h5-12,26H,13-14H2,1-4H3,(H,31,36). The molecule has 0 saturated heterocycles. The summed E-state index contributed by atoms with van der Waals surface area (Å²) in [5.74, 6) is -0.336. The molecule has 36 heavy (non-hydrogen) atoms. The van der Waals surface area contributed by atoms with Crippen LogP contribution in [0.3, 0.4) is 0 Å². The molecule has 1 N–H and O–H groups in total. The first-order valence-corrected chi connectivity index (χ1v) is 11.7. The van der Waals surface area contributed by atoms with E-state index in [1.54, 1.807) is 13.8 Å². The molecule has 0 fully saturated rings. The number of alkyl halides is 2. The molecular formula is C27H26F2N6O. The van der Waals surface area contributed by atoms with Crippen LogP contribution in [0, 0.1) is 27.7 Å². The van der Waals surface area contributed by atoms with Crippen LogP contribution in [0.25, 0.3) is 21.8 Å². The number of pyridine rings is 1. The van der Waals surface area contributed by atoms with E-state index in [2.05, 4.69) is 44.8 Å². The number of benzene rings is 2. The molecule has 1 amide bonds. The van der Waals surface area contributed by atoms with Crippen molar-refractivity contribution in [3.63, 3.8) is 0 Å². The molecule has 3 aromatic heterocycles. The highest BCUT2D eigenvalue weighted by atomic mass is 19.3. The first-order valence-electron chi connectivity index (χ1n) is 11.7. The van der Waals surface area contributed by atoms with Gasteiger partial charge in [-0.1, -0.05) is 42.5 Å². The van der Waals surface area contributed by atoms with Crippen LogP contribution in [0.1, 0.15) is 40.3 Å². The lowest BCUT2D eigenvalue weighted by Crippen LogP contribution is -2.20. The number of rotatable bonds is 6. The van der Waals surface area contributed by atoms with E-state index in [0.717, 1.165) is 22.0 Å². The third kappa shape index (κ3) is 4.21. The topological polar surface area (TPSA) is 77.6 Å². The quantitative estimate of drug-likeness (QED) is 0.336. The number of hydrogen-bond donors (Lipinski definition) is 1. The van der Waals surface area contributed by atoms with Gasteiger partial charge in [-0.25, -0.2) is 18.4 Å². The largest absolute Gasteiger partial charge is 0.321 e. The van der Waals surface area contributed by atoms with Gasteiger partial charge < -0.3 is 5.32 Å². The number of anilines is 1. The Bertz CT molecular complexity index is 1610. The van der Waals surface area contributed by atoms with Crippen LogP contribution in [0.4, 0.5) is 14.5 Å². The molecule has 0 bridgehead atoms. The zero-order valence-corrected chi connectivity index (χ0v) is 20.5. The zero-order valence-electron chi connectivity index (χ0n) is 20.5. The molecule has 0 aliphatic rings. The van der Waals surface area contributed by atoms with Crippen molar-refractivity contribution in [2.75, 3.05) is 5.32 Å². The minimum Gasteiger partial charge on any atom is -0.321 e. The Morgan fingerprint density at radius 1 is 0.972 bits per heavy atom. The molecule has 184 valence electrons. The molecule has 5 aromatic rings. The van der Waals surface area contributed by atoms with Crippen molar-refractivity contribution in [2.45, 2.75) is 47.2 Å². The molecule has 0 unspecified atom stereocenters. The number of nitrogens with zero attached hydrogens (tertiary/aromatic N) is 5. The molecule has 2 aromatic carbocycles. The van der Waals surface area contributed by atoms with Gasteiger partial charge in [0.15, 0.2) is 5.65 Å². The maximum absolute atomic E-state index is 13.6. The van der Waals surface area contributed by atoms with Crippen molar-refractivity contribution >= 4 is 33.4 Å². The molecule has 5 rings (SSSR count). The number of halogens is 2. The maximum atomic E-state index is 13.6. The summed E-state index contributed by atoms with van der Waals surface area (Å²) in [6, 6.07) is 15.7. The Morgan fingerprint density at radius 3 is 2.47 bits per heavy atom. The SMILES string of the molecule is Cc1cc(C(F)F)c2c(C)nn(CC(=O)Nc3c(C)nn(Cc4cccc5ccccc45)c3C)c2n1. The second-order valence-electron chi connectivity index (χ2n) is 8.99. The lowest BCUT2D eigenvalue weighted by atomic mass is 10.0. The van der Waals surface area contributed by atoms with Gasteiger partial charge in [0.05, 0.1) is 34.7 Å². The molecule has 0 saturated carbocycles. The minimum atomic E-state index is -2.66. The Morgan fingerprint density at radius 2 is 1.69 bits per heavy atom. The fourth-order valence-electron chi connectivity index (χ4n) is 4.74. The number of hydrogen-bond acceptors (Lipinski definition) is 4. The third-order valence-electron chi connectivity index (χ3n) is 6.41. The number of amides is 1. The van der Waals surface area contributed by atoms with Crippen LogP contribution in [-0.2, 0) is 17.9 Å². The van der Waals surface area contributed by atoms with Crippen molar-refractivity contribution in [2.24, 2.45) is 0 Å². The van der Waals surface area contributed by atoms with E-state index >= 15 is 0 Å². The maximum Gasteiger partial charge on any atom is 0.264 e. The van der Waals surface area contributed by atoms with E-state index in [4.69, 9.17) is 0 Å². The Balaban J connectivity index is 1.40. The highest BCUT2D eigenvalue weighted by Gasteiger charge is 2.21. The second-order valence-corrected chi connectivity index (χ2v) is 8.99. The third-order valence-corrected chi connectivity index (χ3v) is 6.41. The summed E-state index contributed by atoms with van der Waals surface area (Å²) in [6.45, 7) is 7.45. The molecule has 9 heteroatoms. The molecule has 0 aliphatic carbocycles. The Kier molecular flexibility index (Phi) is 5.99. The summed E-state index contributed by atoms with van der Waals surface area (Å²) >= 11 is 0. The molecule has 0 spiro atoms. The number of nitrogens with one attached hydrogen (secondary N) is 1.